The van der Waals surface area contributed by atoms with Crippen molar-refractivity contribution >= 4 is 0 Å². The molecular formula is C14H19NO. The Hall–Kier alpha value is -1.02. The predicted molar refractivity (Wildman–Crippen MR) is 64.8 cm³/mol. The van der Waals surface area contributed by atoms with Gasteiger partial charge in [-0.2, -0.15) is 0 Å². The van der Waals surface area contributed by atoms with Crippen molar-refractivity contribution in [2.75, 3.05) is 7.11 Å². The molecule has 1 N–H and O–H groups in total. The van der Waals surface area contributed by atoms with E-state index >= 15 is 0 Å². The normalized spacial score (nSPS) is 23.9. The number of nitrogens with one attached hydrogen (secondary N) is 1. The summed E-state index contributed by atoms with van der Waals surface area (Å²) in [4.78, 5) is 0. The molecule has 1 aromatic rings. The molecular weight excluding hydrogens is 198 g/mol. The molecule has 0 amide bonds. The van der Waals surface area contributed by atoms with Gasteiger partial charge in [0.25, 0.3) is 0 Å². The number of benzene rings is 1. The van der Waals surface area contributed by atoms with Crippen molar-refractivity contribution in [3.63, 3.8) is 0 Å². The SMILES string of the molecule is COc1ccc2c(c1)C(NC1CCC1)CC2. The van der Waals surface area contributed by atoms with Gasteiger partial charge in [-0.15, -0.1) is 0 Å². The molecule has 0 bridgehead atoms. The van der Waals surface area contributed by atoms with Crippen LogP contribution in [-0.4, -0.2) is 13.2 Å². The molecule has 86 valence electrons. The van der Waals surface area contributed by atoms with Gasteiger partial charge in [0.05, 0.1) is 7.11 Å². The molecule has 0 saturated heterocycles. The summed E-state index contributed by atoms with van der Waals surface area (Å²) in [6.07, 6.45) is 6.57. The van der Waals surface area contributed by atoms with Crippen LogP contribution in [0.3, 0.4) is 0 Å². The number of aryl methyl sites for hydroxylation is 1. The molecule has 0 aromatic heterocycles. The van der Waals surface area contributed by atoms with Gasteiger partial charge in [0.1, 0.15) is 5.75 Å². The lowest BCUT2D eigenvalue weighted by atomic mass is 9.92. The standard InChI is InChI=1S/C14H19NO/c1-16-12-7-5-10-6-8-14(13(10)9-12)15-11-3-2-4-11/h5,7,9,11,14-15H,2-4,6,8H2,1H3. The third-order valence-corrected chi connectivity index (χ3v) is 3.97. The Balaban J connectivity index is 1.79. The highest BCUT2D eigenvalue weighted by molar-refractivity contribution is 5.40. The molecule has 1 fully saturated rings. The van der Waals surface area contributed by atoms with Crippen molar-refractivity contribution in [3.8, 4) is 5.75 Å². The van der Waals surface area contributed by atoms with Gasteiger partial charge in [-0.05, 0) is 48.9 Å². The third-order valence-electron chi connectivity index (χ3n) is 3.97. The molecule has 2 aliphatic rings. The Kier molecular flexibility index (Phi) is 2.60. The molecule has 1 unspecified atom stereocenters. The van der Waals surface area contributed by atoms with Crippen LogP contribution < -0.4 is 10.1 Å². The molecule has 0 radical (unpaired) electrons. The minimum Gasteiger partial charge on any atom is -0.497 e. The second-order valence-electron chi connectivity index (χ2n) is 4.95. The van der Waals surface area contributed by atoms with E-state index in [0.717, 1.165) is 11.8 Å². The zero-order valence-corrected chi connectivity index (χ0v) is 9.83. The maximum Gasteiger partial charge on any atom is 0.119 e. The zero-order valence-electron chi connectivity index (χ0n) is 9.83. The monoisotopic (exact) mass is 217 g/mol. The lowest BCUT2D eigenvalue weighted by Crippen LogP contribution is -2.37. The summed E-state index contributed by atoms with van der Waals surface area (Å²) in [5, 5.41) is 3.77. The fourth-order valence-electron chi connectivity index (χ4n) is 2.74. The van der Waals surface area contributed by atoms with E-state index in [2.05, 4.69) is 23.5 Å². The van der Waals surface area contributed by atoms with Gasteiger partial charge in [-0.1, -0.05) is 12.5 Å². The number of methoxy groups -OCH3 is 1. The second kappa shape index (κ2) is 4.10. The van der Waals surface area contributed by atoms with Crippen molar-refractivity contribution in [2.45, 2.75) is 44.2 Å². The van der Waals surface area contributed by atoms with Crippen LogP contribution in [-0.2, 0) is 6.42 Å². The Morgan fingerprint density at radius 3 is 2.81 bits per heavy atom. The van der Waals surface area contributed by atoms with Crippen LogP contribution >= 0.6 is 0 Å². The first-order chi connectivity index (χ1) is 7.86. The highest BCUT2D eigenvalue weighted by atomic mass is 16.5. The quantitative estimate of drug-likeness (QED) is 0.840. The maximum absolute atomic E-state index is 5.31. The van der Waals surface area contributed by atoms with E-state index in [9.17, 15) is 0 Å². The lowest BCUT2D eigenvalue weighted by Gasteiger charge is -2.30. The smallest absolute Gasteiger partial charge is 0.119 e. The maximum atomic E-state index is 5.31. The van der Waals surface area contributed by atoms with Crippen molar-refractivity contribution in [2.24, 2.45) is 0 Å². The Labute approximate surface area is 97.0 Å². The Morgan fingerprint density at radius 1 is 1.25 bits per heavy atom. The molecule has 1 saturated carbocycles. The average Bonchev–Trinajstić information content (AvgIpc) is 2.65. The summed E-state index contributed by atoms with van der Waals surface area (Å²) >= 11 is 0. The molecule has 16 heavy (non-hydrogen) atoms. The van der Waals surface area contributed by atoms with Gasteiger partial charge in [0.2, 0.25) is 0 Å². The first-order valence-electron chi connectivity index (χ1n) is 6.29. The summed E-state index contributed by atoms with van der Waals surface area (Å²) in [6, 6.07) is 7.83. The topological polar surface area (TPSA) is 21.3 Å². The summed E-state index contributed by atoms with van der Waals surface area (Å²) < 4.78 is 5.31. The number of hydrogen-bond acceptors (Lipinski definition) is 2. The van der Waals surface area contributed by atoms with E-state index in [0.29, 0.717) is 6.04 Å². The summed E-state index contributed by atoms with van der Waals surface area (Å²) in [5.41, 5.74) is 2.96. The molecule has 0 heterocycles. The predicted octanol–water partition coefficient (Wildman–Crippen LogP) is 2.82. The van der Waals surface area contributed by atoms with Crippen LogP contribution in [0.4, 0.5) is 0 Å². The van der Waals surface area contributed by atoms with Crippen LogP contribution in [0, 0.1) is 0 Å². The van der Waals surface area contributed by atoms with E-state index in [1.165, 1.54) is 43.2 Å². The molecule has 3 rings (SSSR count). The number of ether oxygens (including phenoxy) is 1. The molecule has 0 aliphatic heterocycles. The van der Waals surface area contributed by atoms with Crippen molar-refractivity contribution in [1.82, 2.24) is 5.32 Å². The largest absolute Gasteiger partial charge is 0.497 e. The van der Waals surface area contributed by atoms with Crippen LogP contribution in [0.5, 0.6) is 5.75 Å². The van der Waals surface area contributed by atoms with Gasteiger partial charge in [-0.25, -0.2) is 0 Å². The third kappa shape index (κ3) is 1.71. The molecule has 1 atom stereocenters. The van der Waals surface area contributed by atoms with Crippen LogP contribution in [0.2, 0.25) is 0 Å². The van der Waals surface area contributed by atoms with Crippen LogP contribution in [0.25, 0.3) is 0 Å². The average molecular weight is 217 g/mol. The van der Waals surface area contributed by atoms with E-state index in [1.807, 2.05) is 0 Å². The van der Waals surface area contributed by atoms with Crippen molar-refractivity contribution < 1.29 is 4.74 Å². The van der Waals surface area contributed by atoms with E-state index in [4.69, 9.17) is 4.74 Å². The molecule has 1 aromatic carbocycles. The molecule has 2 heteroatoms. The molecule has 2 aliphatic carbocycles. The second-order valence-corrected chi connectivity index (χ2v) is 4.95. The van der Waals surface area contributed by atoms with Gasteiger partial charge < -0.3 is 10.1 Å². The highest BCUT2D eigenvalue weighted by Crippen LogP contribution is 2.35. The molecule has 2 nitrogen and oxygen atoms in total. The van der Waals surface area contributed by atoms with Crippen LogP contribution in [0.1, 0.15) is 42.9 Å². The van der Waals surface area contributed by atoms with E-state index in [1.54, 1.807) is 7.11 Å². The van der Waals surface area contributed by atoms with Crippen molar-refractivity contribution in [1.29, 1.82) is 0 Å². The summed E-state index contributed by atoms with van der Waals surface area (Å²) in [6.45, 7) is 0. The number of hydrogen-bond donors (Lipinski definition) is 1. The van der Waals surface area contributed by atoms with E-state index in [-0.39, 0.29) is 0 Å². The Morgan fingerprint density at radius 2 is 2.12 bits per heavy atom. The van der Waals surface area contributed by atoms with Gasteiger partial charge in [-0.3, -0.25) is 0 Å². The fourth-order valence-corrected chi connectivity index (χ4v) is 2.74. The first kappa shape index (κ1) is 10.2. The minimum absolute atomic E-state index is 0.565. The van der Waals surface area contributed by atoms with Gasteiger partial charge >= 0.3 is 0 Å². The summed E-state index contributed by atoms with van der Waals surface area (Å²) in [5.74, 6) is 0.987. The number of rotatable bonds is 3. The van der Waals surface area contributed by atoms with Gasteiger partial charge in [0, 0.05) is 12.1 Å². The van der Waals surface area contributed by atoms with Crippen LogP contribution in [0.15, 0.2) is 18.2 Å². The first-order valence-corrected chi connectivity index (χ1v) is 6.29. The van der Waals surface area contributed by atoms with Gasteiger partial charge in [0.15, 0.2) is 0 Å². The highest BCUT2D eigenvalue weighted by Gasteiger charge is 2.27. The minimum atomic E-state index is 0.565. The Bertz CT molecular complexity index is 384. The fraction of sp³-hybridized carbons (Fsp3) is 0.571. The lowest BCUT2D eigenvalue weighted by molar-refractivity contribution is 0.304. The summed E-state index contributed by atoms with van der Waals surface area (Å²) in [7, 11) is 1.74. The number of fused-ring (bicyclic) bond motifs is 1. The van der Waals surface area contributed by atoms with Crippen molar-refractivity contribution in [3.05, 3.63) is 29.3 Å². The van der Waals surface area contributed by atoms with E-state index < -0.39 is 0 Å². The zero-order chi connectivity index (χ0) is 11.0. The molecule has 0 spiro atoms.